The zero-order chi connectivity index (χ0) is 14.5. The van der Waals surface area contributed by atoms with Gasteiger partial charge in [-0.25, -0.2) is 4.79 Å². The van der Waals surface area contributed by atoms with Gasteiger partial charge in [0.2, 0.25) is 0 Å². The molecular weight excluding hydrogens is 259 g/mol. The number of ketones is 1. The number of esters is 1. The van der Waals surface area contributed by atoms with Crippen molar-refractivity contribution in [1.29, 1.82) is 0 Å². The molecule has 0 saturated heterocycles. The molecule has 1 fully saturated rings. The third kappa shape index (κ3) is 3.26. The Kier molecular flexibility index (Phi) is 4.92. The summed E-state index contributed by atoms with van der Waals surface area (Å²) >= 11 is 0. The zero-order valence-electron chi connectivity index (χ0n) is 11.6. The molecule has 0 amide bonds. The lowest BCUT2D eigenvalue weighted by atomic mass is 9.85. The van der Waals surface area contributed by atoms with E-state index in [1.807, 2.05) is 13.9 Å². The average Bonchev–Trinajstić information content (AvgIpc) is 2.73. The quantitative estimate of drug-likeness (QED) is 0.447. The van der Waals surface area contributed by atoms with E-state index in [1.165, 1.54) is 7.11 Å². The van der Waals surface area contributed by atoms with Crippen LogP contribution in [0, 0.1) is 0 Å². The molecule has 1 saturated carbocycles. The Morgan fingerprint density at radius 2 is 2.05 bits per heavy atom. The van der Waals surface area contributed by atoms with Crippen LogP contribution in [0.1, 0.15) is 16.8 Å². The van der Waals surface area contributed by atoms with E-state index in [0.29, 0.717) is 12.0 Å². The molecule has 0 bridgehead atoms. The third-order valence-electron chi connectivity index (χ3n) is 3.33. The van der Waals surface area contributed by atoms with Gasteiger partial charge in [0.15, 0.2) is 11.9 Å². The molecule has 1 aliphatic rings. The molecule has 0 heterocycles. The van der Waals surface area contributed by atoms with E-state index >= 15 is 0 Å². The summed E-state index contributed by atoms with van der Waals surface area (Å²) in [5, 5.41) is 0. The summed E-state index contributed by atoms with van der Waals surface area (Å²) in [6, 6.07) is 8.60. The molecule has 20 heavy (non-hydrogen) atoms. The Hall–Kier alpha value is -1.66. The van der Waals surface area contributed by atoms with Gasteiger partial charge in [-0.05, 0) is 24.4 Å². The fourth-order valence-corrected chi connectivity index (χ4v) is 2.25. The van der Waals surface area contributed by atoms with Crippen LogP contribution < -0.4 is 0 Å². The van der Waals surface area contributed by atoms with Crippen LogP contribution in [0.5, 0.6) is 0 Å². The van der Waals surface area contributed by atoms with Gasteiger partial charge >= 0.3 is 5.97 Å². The summed E-state index contributed by atoms with van der Waals surface area (Å²) < 4.78 is 15.6. The highest BCUT2D eigenvalue weighted by Gasteiger charge is 2.43. The molecule has 1 aromatic rings. The second-order valence-corrected chi connectivity index (χ2v) is 4.84. The van der Waals surface area contributed by atoms with Gasteiger partial charge in [-0.1, -0.05) is 18.2 Å². The first kappa shape index (κ1) is 14.7. The molecule has 1 aromatic carbocycles. The Balaban J connectivity index is 2.05. The van der Waals surface area contributed by atoms with Crippen molar-refractivity contribution < 1.29 is 23.8 Å². The number of hydrogen-bond donors (Lipinski definition) is 0. The number of carbonyl (C=O) groups excluding carboxylic acids is 2. The van der Waals surface area contributed by atoms with Crippen LogP contribution >= 0.6 is 0 Å². The largest absolute Gasteiger partial charge is 0.448 e. The van der Waals surface area contributed by atoms with Gasteiger partial charge < -0.3 is 14.2 Å². The number of Topliss-reactive ketones (excluding diaryl/α,β-unsaturated/α-hetero) is 1. The van der Waals surface area contributed by atoms with Crippen LogP contribution in [-0.2, 0) is 19.0 Å². The highest BCUT2D eigenvalue weighted by Crippen LogP contribution is 2.30. The fraction of sp³-hybridized carbons (Fsp3) is 0.429. The molecular formula is C14H17BO5. The van der Waals surface area contributed by atoms with E-state index in [1.54, 1.807) is 24.3 Å². The Morgan fingerprint density at radius 1 is 1.35 bits per heavy atom. The van der Waals surface area contributed by atoms with Crippen LogP contribution in [0.3, 0.4) is 0 Å². The molecule has 3 atom stereocenters. The lowest BCUT2D eigenvalue weighted by Gasteiger charge is -2.19. The molecule has 0 spiro atoms. The van der Waals surface area contributed by atoms with Gasteiger partial charge in [0, 0.05) is 7.11 Å². The van der Waals surface area contributed by atoms with Crippen LogP contribution in [-0.4, -0.2) is 45.7 Å². The summed E-state index contributed by atoms with van der Waals surface area (Å²) in [5.41, 5.74) is 0.422. The molecule has 0 aromatic heterocycles. The van der Waals surface area contributed by atoms with E-state index in [9.17, 15) is 9.59 Å². The fourth-order valence-electron chi connectivity index (χ4n) is 2.25. The average molecular weight is 276 g/mol. The predicted molar refractivity (Wildman–Crippen MR) is 74.3 cm³/mol. The van der Waals surface area contributed by atoms with Crippen molar-refractivity contribution in [1.82, 2.24) is 0 Å². The minimum absolute atomic E-state index is 0.0735. The number of ether oxygens (including phenoxy) is 3. The van der Waals surface area contributed by atoms with Crippen molar-refractivity contribution in [2.24, 2.45) is 0 Å². The Labute approximate surface area is 118 Å². The minimum atomic E-state index is -0.854. The Bertz CT molecular complexity index is 476. The monoisotopic (exact) mass is 276 g/mol. The second kappa shape index (κ2) is 6.68. The minimum Gasteiger partial charge on any atom is -0.448 e. The molecule has 0 aliphatic heterocycles. The van der Waals surface area contributed by atoms with Crippen molar-refractivity contribution in [3.05, 3.63) is 35.9 Å². The number of benzene rings is 1. The van der Waals surface area contributed by atoms with Gasteiger partial charge in [-0.15, -0.1) is 0 Å². The smallest absolute Gasteiger partial charge is 0.338 e. The van der Waals surface area contributed by atoms with E-state index in [4.69, 9.17) is 14.2 Å². The van der Waals surface area contributed by atoms with Crippen molar-refractivity contribution in [2.75, 3.05) is 13.9 Å². The maximum atomic E-state index is 12.0. The summed E-state index contributed by atoms with van der Waals surface area (Å²) in [7, 11) is 3.31. The lowest BCUT2D eigenvalue weighted by Crippen LogP contribution is -2.34. The standard InChI is InChI=1S/C14H17BO5/c1-18-8-19-11-7-10(15)12(16)13(11)20-14(17)9-5-3-2-4-6-9/h2-6,10-11,13H,7-8,15H2,1H3. The van der Waals surface area contributed by atoms with Crippen LogP contribution in [0.4, 0.5) is 0 Å². The highest BCUT2D eigenvalue weighted by atomic mass is 16.7. The van der Waals surface area contributed by atoms with E-state index in [-0.39, 0.29) is 18.4 Å². The second-order valence-electron chi connectivity index (χ2n) is 4.84. The molecule has 1 aliphatic carbocycles. The van der Waals surface area contributed by atoms with E-state index < -0.39 is 18.2 Å². The maximum absolute atomic E-state index is 12.0. The van der Waals surface area contributed by atoms with Gasteiger partial charge in [0.05, 0.1) is 5.56 Å². The van der Waals surface area contributed by atoms with Crippen LogP contribution in [0.25, 0.3) is 0 Å². The van der Waals surface area contributed by atoms with Crippen LogP contribution in [0.2, 0.25) is 5.82 Å². The molecule has 5 nitrogen and oxygen atoms in total. The molecule has 3 unspecified atom stereocenters. The van der Waals surface area contributed by atoms with Crippen LogP contribution in [0.15, 0.2) is 30.3 Å². The van der Waals surface area contributed by atoms with E-state index in [2.05, 4.69) is 0 Å². The normalized spacial score (nSPS) is 25.6. The number of methoxy groups -OCH3 is 1. The maximum Gasteiger partial charge on any atom is 0.338 e. The van der Waals surface area contributed by atoms with Crippen molar-refractivity contribution in [2.45, 2.75) is 24.4 Å². The molecule has 2 rings (SSSR count). The van der Waals surface area contributed by atoms with Gasteiger partial charge in [0.1, 0.15) is 20.7 Å². The summed E-state index contributed by atoms with van der Waals surface area (Å²) in [5.74, 6) is -0.787. The third-order valence-corrected chi connectivity index (χ3v) is 3.33. The summed E-state index contributed by atoms with van der Waals surface area (Å²) in [4.78, 5) is 24.1. The topological polar surface area (TPSA) is 61.8 Å². The molecule has 0 radical (unpaired) electrons. The summed E-state index contributed by atoms with van der Waals surface area (Å²) in [6.45, 7) is 0.0735. The first-order chi connectivity index (χ1) is 9.63. The molecule has 0 N–H and O–H groups in total. The zero-order valence-corrected chi connectivity index (χ0v) is 11.6. The van der Waals surface area contributed by atoms with Gasteiger partial charge in [-0.3, -0.25) is 4.79 Å². The first-order valence-electron chi connectivity index (χ1n) is 6.53. The molecule has 6 heteroatoms. The SMILES string of the molecule is BC1CC(OCOC)C(OC(=O)c2ccccc2)C1=O. The lowest BCUT2D eigenvalue weighted by molar-refractivity contribution is -0.136. The van der Waals surface area contributed by atoms with Gasteiger partial charge in [-0.2, -0.15) is 0 Å². The van der Waals surface area contributed by atoms with Gasteiger partial charge in [0.25, 0.3) is 0 Å². The van der Waals surface area contributed by atoms with Crippen molar-refractivity contribution >= 4 is 19.6 Å². The first-order valence-corrected chi connectivity index (χ1v) is 6.53. The Morgan fingerprint density at radius 3 is 2.70 bits per heavy atom. The van der Waals surface area contributed by atoms with Crippen molar-refractivity contribution in [3.8, 4) is 0 Å². The molecule has 106 valence electrons. The summed E-state index contributed by atoms with van der Waals surface area (Å²) in [6.07, 6.45) is -0.757. The van der Waals surface area contributed by atoms with Crippen molar-refractivity contribution in [3.63, 3.8) is 0 Å². The predicted octanol–water partition coefficient (Wildman–Crippen LogP) is 0.595. The number of hydrogen-bond acceptors (Lipinski definition) is 5. The van der Waals surface area contributed by atoms with E-state index in [0.717, 1.165) is 0 Å². The number of carbonyl (C=O) groups is 2. The number of rotatable bonds is 5. The highest BCUT2D eigenvalue weighted by molar-refractivity contribution is 6.26.